The van der Waals surface area contributed by atoms with Crippen LogP contribution in [0.2, 0.25) is 0 Å². The standard InChI is InChI=1S/C15H12N4S/c1-9-4-3-5-13(11(9)8-16)19-14-12(18-15(19)20)7-6-10(2)17-14/h3-7H,1-2H3,(H,18,20). The van der Waals surface area contributed by atoms with Crippen LogP contribution >= 0.6 is 12.2 Å². The molecule has 98 valence electrons. The van der Waals surface area contributed by atoms with E-state index in [1.807, 2.05) is 48.7 Å². The van der Waals surface area contributed by atoms with Crippen molar-refractivity contribution in [3.8, 4) is 11.8 Å². The number of fused-ring (bicyclic) bond motifs is 1. The zero-order valence-electron chi connectivity index (χ0n) is 11.1. The topological polar surface area (TPSA) is 57.4 Å². The lowest BCUT2D eigenvalue weighted by atomic mass is 10.1. The van der Waals surface area contributed by atoms with Gasteiger partial charge in [-0.2, -0.15) is 5.26 Å². The van der Waals surface area contributed by atoms with Gasteiger partial charge in [0, 0.05) is 5.69 Å². The minimum absolute atomic E-state index is 0.542. The van der Waals surface area contributed by atoms with E-state index >= 15 is 0 Å². The lowest BCUT2D eigenvalue weighted by molar-refractivity contribution is 1.03. The number of aryl methyl sites for hydroxylation is 2. The monoisotopic (exact) mass is 280 g/mol. The lowest BCUT2D eigenvalue weighted by Gasteiger charge is -2.08. The number of H-pyrrole nitrogens is 1. The number of nitriles is 1. The predicted octanol–water partition coefficient (Wildman–Crippen LogP) is 3.57. The Balaban J connectivity index is 2.45. The molecule has 5 heteroatoms. The van der Waals surface area contributed by atoms with Crippen LogP contribution in [0.5, 0.6) is 0 Å². The van der Waals surface area contributed by atoms with Crippen molar-refractivity contribution < 1.29 is 0 Å². The van der Waals surface area contributed by atoms with Crippen molar-refractivity contribution in [2.45, 2.75) is 13.8 Å². The number of imidazole rings is 1. The summed E-state index contributed by atoms with van der Waals surface area (Å²) < 4.78 is 2.36. The molecule has 2 aromatic heterocycles. The van der Waals surface area contributed by atoms with Gasteiger partial charge in [0.05, 0.1) is 16.8 Å². The first kappa shape index (κ1) is 12.6. The quantitative estimate of drug-likeness (QED) is 0.693. The third-order valence-corrected chi connectivity index (χ3v) is 3.56. The zero-order valence-corrected chi connectivity index (χ0v) is 12.0. The Morgan fingerprint density at radius 3 is 2.80 bits per heavy atom. The molecule has 0 amide bonds. The summed E-state index contributed by atoms with van der Waals surface area (Å²) in [6, 6.07) is 11.9. The molecule has 0 radical (unpaired) electrons. The minimum atomic E-state index is 0.542. The molecule has 0 bridgehead atoms. The Morgan fingerprint density at radius 1 is 1.25 bits per heavy atom. The van der Waals surface area contributed by atoms with Crippen molar-refractivity contribution >= 4 is 23.4 Å². The molecule has 1 aromatic carbocycles. The van der Waals surface area contributed by atoms with Gasteiger partial charge in [0.1, 0.15) is 6.07 Å². The highest BCUT2D eigenvalue weighted by Crippen LogP contribution is 2.23. The Morgan fingerprint density at radius 2 is 2.05 bits per heavy atom. The van der Waals surface area contributed by atoms with Crippen LogP contribution in [0.15, 0.2) is 30.3 Å². The number of rotatable bonds is 1. The minimum Gasteiger partial charge on any atom is -0.329 e. The van der Waals surface area contributed by atoms with Crippen LogP contribution < -0.4 is 0 Å². The number of pyridine rings is 1. The second-order valence-electron chi connectivity index (χ2n) is 4.67. The lowest BCUT2D eigenvalue weighted by Crippen LogP contribution is -2.00. The van der Waals surface area contributed by atoms with Gasteiger partial charge in [0.25, 0.3) is 0 Å². The van der Waals surface area contributed by atoms with Gasteiger partial charge in [-0.25, -0.2) is 4.98 Å². The molecule has 0 saturated carbocycles. The summed E-state index contributed by atoms with van der Waals surface area (Å²) >= 11 is 5.39. The highest BCUT2D eigenvalue weighted by atomic mass is 32.1. The van der Waals surface area contributed by atoms with Gasteiger partial charge in [0.15, 0.2) is 10.4 Å². The van der Waals surface area contributed by atoms with Crippen molar-refractivity contribution in [2.75, 3.05) is 0 Å². The number of nitrogens with zero attached hydrogens (tertiary/aromatic N) is 3. The summed E-state index contributed by atoms with van der Waals surface area (Å²) in [4.78, 5) is 7.66. The number of nitrogens with one attached hydrogen (secondary N) is 1. The number of benzene rings is 1. The summed E-state index contributed by atoms with van der Waals surface area (Å²) in [7, 11) is 0. The van der Waals surface area contributed by atoms with E-state index in [4.69, 9.17) is 12.2 Å². The van der Waals surface area contributed by atoms with Crippen molar-refractivity contribution in [1.29, 1.82) is 5.26 Å². The van der Waals surface area contributed by atoms with Crippen LogP contribution in [-0.2, 0) is 0 Å². The molecule has 0 spiro atoms. The van der Waals surface area contributed by atoms with E-state index in [-0.39, 0.29) is 0 Å². The largest absolute Gasteiger partial charge is 0.329 e. The number of hydrogen-bond donors (Lipinski definition) is 1. The first-order valence-corrected chi connectivity index (χ1v) is 6.61. The molecule has 3 aromatic rings. The number of aromatic nitrogens is 3. The van der Waals surface area contributed by atoms with E-state index in [9.17, 15) is 5.26 Å². The maximum absolute atomic E-state index is 9.39. The molecule has 4 nitrogen and oxygen atoms in total. The first-order valence-electron chi connectivity index (χ1n) is 6.20. The highest BCUT2D eigenvalue weighted by molar-refractivity contribution is 7.71. The third kappa shape index (κ3) is 1.82. The second-order valence-corrected chi connectivity index (χ2v) is 5.06. The maximum Gasteiger partial charge on any atom is 0.184 e. The Hall–Kier alpha value is -2.45. The van der Waals surface area contributed by atoms with Crippen LogP contribution in [-0.4, -0.2) is 14.5 Å². The van der Waals surface area contributed by atoms with Gasteiger partial charge in [-0.05, 0) is 49.8 Å². The molecular formula is C15H12N4S. The molecule has 0 saturated heterocycles. The molecule has 0 aliphatic carbocycles. The van der Waals surface area contributed by atoms with Crippen molar-refractivity contribution in [1.82, 2.24) is 14.5 Å². The molecule has 2 heterocycles. The molecule has 3 rings (SSSR count). The smallest absolute Gasteiger partial charge is 0.184 e. The number of hydrogen-bond acceptors (Lipinski definition) is 3. The predicted molar refractivity (Wildman–Crippen MR) is 80.4 cm³/mol. The molecule has 0 unspecified atom stereocenters. The summed E-state index contributed by atoms with van der Waals surface area (Å²) in [5.74, 6) is 0. The maximum atomic E-state index is 9.39. The molecule has 0 aliphatic heterocycles. The summed E-state index contributed by atoms with van der Waals surface area (Å²) in [6.45, 7) is 3.85. The van der Waals surface area contributed by atoms with Gasteiger partial charge in [-0.3, -0.25) is 4.57 Å². The van der Waals surface area contributed by atoms with Crippen molar-refractivity contribution in [3.05, 3.63) is 51.9 Å². The molecule has 0 atom stereocenters. The fourth-order valence-corrected chi connectivity index (χ4v) is 2.58. The third-order valence-electron chi connectivity index (χ3n) is 3.27. The summed E-state index contributed by atoms with van der Waals surface area (Å²) in [6.07, 6.45) is 0. The van der Waals surface area contributed by atoms with Crippen LogP contribution in [0.4, 0.5) is 0 Å². The van der Waals surface area contributed by atoms with E-state index in [2.05, 4.69) is 16.0 Å². The second kappa shape index (κ2) is 4.58. The van der Waals surface area contributed by atoms with Crippen molar-refractivity contribution in [2.24, 2.45) is 0 Å². The molecular weight excluding hydrogens is 268 g/mol. The summed E-state index contributed by atoms with van der Waals surface area (Å²) in [5.41, 5.74) is 4.83. The number of aromatic amines is 1. The fourth-order valence-electron chi connectivity index (χ4n) is 2.29. The Kier molecular flexibility index (Phi) is 2.88. The van der Waals surface area contributed by atoms with Gasteiger partial charge in [0.2, 0.25) is 0 Å². The van der Waals surface area contributed by atoms with Crippen LogP contribution in [0.25, 0.3) is 16.9 Å². The van der Waals surface area contributed by atoms with Gasteiger partial charge >= 0.3 is 0 Å². The highest BCUT2D eigenvalue weighted by Gasteiger charge is 2.13. The van der Waals surface area contributed by atoms with E-state index in [0.717, 1.165) is 28.1 Å². The van der Waals surface area contributed by atoms with E-state index in [1.54, 1.807) is 0 Å². The van der Waals surface area contributed by atoms with Crippen LogP contribution in [0, 0.1) is 29.9 Å². The fraction of sp³-hybridized carbons (Fsp3) is 0.133. The van der Waals surface area contributed by atoms with E-state index < -0.39 is 0 Å². The molecule has 0 aliphatic rings. The zero-order chi connectivity index (χ0) is 14.3. The Bertz CT molecular complexity index is 912. The molecule has 1 N–H and O–H groups in total. The van der Waals surface area contributed by atoms with Crippen molar-refractivity contribution in [3.63, 3.8) is 0 Å². The van der Waals surface area contributed by atoms with Gasteiger partial charge < -0.3 is 4.98 Å². The van der Waals surface area contributed by atoms with Crippen LogP contribution in [0.1, 0.15) is 16.8 Å². The summed E-state index contributed by atoms with van der Waals surface area (Å²) in [5, 5.41) is 9.39. The van der Waals surface area contributed by atoms with Crippen LogP contribution in [0.3, 0.4) is 0 Å². The van der Waals surface area contributed by atoms with Gasteiger partial charge in [-0.1, -0.05) is 12.1 Å². The molecule has 0 fully saturated rings. The average Bonchev–Trinajstić information content (AvgIpc) is 2.73. The first-order chi connectivity index (χ1) is 9.61. The van der Waals surface area contributed by atoms with Gasteiger partial charge in [-0.15, -0.1) is 0 Å². The van der Waals surface area contributed by atoms with E-state index in [1.165, 1.54) is 0 Å². The Labute approximate surface area is 121 Å². The normalized spacial score (nSPS) is 10.7. The molecule has 20 heavy (non-hydrogen) atoms. The SMILES string of the molecule is Cc1ccc2[nH]c(=S)n(-c3cccc(C)c3C#N)c2n1. The van der Waals surface area contributed by atoms with E-state index in [0.29, 0.717) is 10.3 Å². The average molecular weight is 280 g/mol.